The standard InChI is InChI=1S/C34H39N5O3/c1-5-39-30-14-13-27(22-31(30)37(4)32(40)34(2,3)33(39)41)42-21-9-19-38(20-16-25-10-8-17-35-23-25)24-26-15-18-36-29-12-7-6-11-28(26)29/h6-8,10-15,17-18,22-23H,5,9,16,19-21,24H2,1-4H3. The Morgan fingerprint density at radius 2 is 1.76 bits per heavy atom. The molecule has 2 aromatic carbocycles. The van der Waals surface area contributed by atoms with Crippen LogP contribution in [0.2, 0.25) is 0 Å². The number of pyridine rings is 2. The summed E-state index contributed by atoms with van der Waals surface area (Å²) in [6, 6.07) is 20.1. The van der Waals surface area contributed by atoms with Crippen molar-refractivity contribution in [3.05, 3.63) is 90.4 Å². The topological polar surface area (TPSA) is 78.9 Å². The van der Waals surface area contributed by atoms with Crippen molar-refractivity contribution in [3.63, 3.8) is 0 Å². The second-order valence-corrected chi connectivity index (χ2v) is 11.3. The lowest BCUT2D eigenvalue weighted by atomic mass is 9.90. The highest BCUT2D eigenvalue weighted by molar-refractivity contribution is 6.20. The van der Waals surface area contributed by atoms with E-state index >= 15 is 0 Å². The third-order valence-corrected chi connectivity index (χ3v) is 7.99. The van der Waals surface area contributed by atoms with Gasteiger partial charge < -0.3 is 14.5 Å². The lowest BCUT2D eigenvalue weighted by Gasteiger charge is -2.27. The minimum Gasteiger partial charge on any atom is -0.493 e. The Hall–Kier alpha value is -4.30. The summed E-state index contributed by atoms with van der Waals surface area (Å²) in [4.78, 5) is 40.8. The molecule has 0 aliphatic carbocycles. The van der Waals surface area contributed by atoms with Gasteiger partial charge in [0.1, 0.15) is 11.2 Å². The predicted octanol–water partition coefficient (Wildman–Crippen LogP) is 5.50. The van der Waals surface area contributed by atoms with Crippen molar-refractivity contribution in [1.82, 2.24) is 14.9 Å². The highest BCUT2D eigenvalue weighted by Gasteiger charge is 2.45. The highest BCUT2D eigenvalue weighted by atomic mass is 16.5. The van der Waals surface area contributed by atoms with Crippen LogP contribution in [0, 0.1) is 5.41 Å². The van der Waals surface area contributed by atoms with Gasteiger partial charge in [-0.2, -0.15) is 0 Å². The summed E-state index contributed by atoms with van der Waals surface area (Å²) < 4.78 is 6.19. The van der Waals surface area contributed by atoms with E-state index in [9.17, 15) is 9.59 Å². The molecule has 0 N–H and O–H groups in total. The molecule has 0 saturated heterocycles. The Morgan fingerprint density at radius 1 is 0.929 bits per heavy atom. The quantitative estimate of drug-likeness (QED) is 0.177. The lowest BCUT2D eigenvalue weighted by Crippen LogP contribution is -2.47. The fraction of sp³-hybridized carbons (Fsp3) is 0.353. The number of amides is 2. The summed E-state index contributed by atoms with van der Waals surface area (Å²) in [5, 5.41) is 1.18. The van der Waals surface area contributed by atoms with Gasteiger partial charge in [0.25, 0.3) is 0 Å². The maximum absolute atomic E-state index is 13.2. The van der Waals surface area contributed by atoms with Gasteiger partial charge >= 0.3 is 0 Å². The zero-order chi connectivity index (χ0) is 29.7. The molecule has 0 saturated carbocycles. The van der Waals surface area contributed by atoms with Gasteiger partial charge in [0.2, 0.25) is 11.8 Å². The predicted molar refractivity (Wildman–Crippen MR) is 167 cm³/mol. The summed E-state index contributed by atoms with van der Waals surface area (Å²) in [6.45, 7) is 8.87. The Morgan fingerprint density at radius 3 is 2.55 bits per heavy atom. The number of hydrogen-bond acceptors (Lipinski definition) is 6. The Labute approximate surface area is 247 Å². The molecule has 0 radical (unpaired) electrons. The van der Waals surface area contributed by atoms with E-state index < -0.39 is 5.41 Å². The normalized spacial score (nSPS) is 14.8. The van der Waals surface area contributed by atoms with E-state index in [1.54, 1.807) is 36.9 Å². The molecule has 0 spiro atoms. The van der Waals surface area contributed by atoms with Gasteiger partial charge in [0, 0.05) is 63.3 Å². The van der Waals surface area contributed by atoms with Crippen molar-refractivity contribution >= 4 is 34.1 Å². The van der Waals surface area contributed by atoms with Crippen molar-refractivity contribution in [2.45, 2.75) is 40.2 Å². The molecule has 8 heteroatoms. The maximum Gasteiger partial charge on any atom is 0.242 e. The molecule has 1 aliphatic heterocycles. The first-order valence-corrected chi connectivity index (χ1v) is 14.6. The molecule has 2 aromatic heterocycles. The number of carbonyl (C=O) groups is 2. The maximum atomic E-state index is 13.2. The van der Waals surface area contributed by atoms with Crippen LogP contribution < -0.4 is 14.5 Å². The SMILES string of the molecule is CCN1C(=O)C(C)(C)C(=O)N(C)c2cc(OCCCN(CCc3cccnc3)Cc3ccnc4ccccc34)ccc21. The van der Waals surface area contributed by atoms with Gasteiger partial charge in [-0.3, -0.25) is 24.5 Å². The second-order valence-electron chi connectivity index (χ2n) is 11.3. The Kier molecular flexibility index (Phi) is 8.83. The average Bonchev–Trinajstić information content (AvgIpc) is 3.06. The second kappa shape index (κ2) is 12.7. The van der Waals surface area contributed by atoms with Crippen molar-refractivity contribution in [1.29, 1.82) is 0 Å². The summed E-state index contributed by atoms with van der Waals surface area (Å²) in [5.41, 5.74) is 3.74. The lowest BCUT2D eigenvalue weighted by molar-refractivity contribution is -0.137. The van der Waals surface area contributed by atoms with Gasteiger partial charge in [-0.05, 0) is 75.1 Å². The largest absolute Gasteiger partial charge is 0.493 e. The van der Waals surface area contributed by atoms with E-state index in [4.69, 9.17) is 4.74 Å². The summed E-state index contributed by atoms with van der Waals surface area (Å²) >= 11 is 0. The molecule has 3 heterocycles. The van der Waals surface area contributed by atoms with Crippen LogP contribution in [0.15, 0.2) is 79.3 Å². The summed E-state index contributed by atoms with van der Waals surface area (Å²) in [5.74, 6) is 0.260. The number of para-hydroxylation sites is 1. The fourth-order valence-electron chi connectivity index (χ4n) is 5.59. The van der Waals surface area contributed by atoms with Gasteiger partial charge in [-0.25, -0.2) is 0 Å². The molecule has 0 unspecified atom stereocenters. The monoisotopic (exact) mass is 565 g/mol. The third kappa shape index (κ3) is 6.14. The van der Waals surface area contributed by atoms with Crippen molar-refractivity contribution in [2.24, 2.45) is 5.41 Å². The van der Waals surface area contributed by atoms with Gasteiger partial charge in [-0.1, -0.05) is 24.3 Å². The minimum atomic E-state index is -1.13. The molecule has 4 aromatic rings. The fourth-order valence-corrected chi connectivity index (χ4v) is 5.59. The van der Waals surface area contributed by atoms with Gasteiger partial charge in [0.05, 0.1) is 23.5 Å². The first kappa shape index (κ1) is 29.2. The zero-order valence-electron chi connectivity index (χ0n) is 24.9. The molecule has 0 bridgehead atoms. The van der Waals surface area contributed by atoms with Crippen LogP contribution >= 0.6 is 0 Å². The number of fused-ring (bicyclic) bond motifs is 2. The number of nitrogens with zero attached hydrogens (tertiary/aromatic N) is 5. The molecule has 218 valence electrons. The first-order valence-electron chi connectivity index (χ1n) is 14.6. The minimum absolute atomic E-state index is 0.192. The molecule has 5 rings (SSSR count). The number of hydrogen-bond donors (Lipinski definition) is 0. The number of carbonyl (C=O) groups excluding carboxylic acids is 2. The van der Waals surface area contributed by atoms with E-state index in [1.807, 2.05) is 49.6 Å². The van der Waals surface area contributed by atoms with Crippen LogP contribution in [0.4, 0.5) is 11.4 Å². The van der Waals surface area contributed by atoms with E-state index in [-0.39, 0.29) is 11.8 Å². The number of rotatable bonds is 11. The molecule has 0 fully saturated rings. The molecule has 2 amide bonds. The average molecular weight is 566 g/mol. The van der Waals surface area contributed by atoms with Crippen molar-refractivity contribution in [3.8, 4) is 5.75 Å². The third-order valence-electron chi connectivity index (χ3n) is 7.99. The Bertz CT molecular complexity index is 1550. The number of ether oxygens (including phenoxy) is 1. The van der Waals surface area contributed by atoms with Crippen LogP contribution in [0.25, 0.3) is 10.9 Å². The van der Waals surface area contributed by atoms with Crippen molar-refractivity contribution in [2.75, 3.05) is 43.1 Å². The first-order chi connectivity index (χ1) is 20.3. The molecule has 1 aliphatic rings. The smallest absolute Gasteiger partial charge is 0.242 e. The number of anilines is 2. The van der Waals surface area contributed by atoms with Crippen LogP contribution in [0.1, 0.15) is 38.3 Å². The van der Waals surface area contributed by atoms with E-state index in [2.05, 4.69) is 45.2 Å². The molecular formula is C34H39N5O3. The number of aromatic nitrogens is 2. The van der Waals surface area contributed by atoms with Crippen LogP contribution in [-0.4, -0.2) is 60.0 Å². The molecule has 42 heavy (non-hydrogen) atoms. The Balaban J connectivity index is 1.27. The van der Waals surface area contributed by atoms with Gasteiger partial charge in [0.15, 0.2) is 0 Å². The van der Waals surface area contributed by atoms with E-state index in [0.29, 0.717) is 24.6 Å². The van der Waals surface area contributed by atoms with Crippen LogP contribution in [-0.2, 0) is 22.6 Å². The molecule has 0 atom stereocenters. The zero-order valence-corrected chi connectivity index (χ0v) is 24.9. The molecular weight excluding hydrogens is 526 g/mol. The molecule has 8 nitrogen and oxygen atoms in total. The van der Waals surface area contributed by atoms with Crippen LogP contribution in [0.5, 0.6) is 5.75 Å². The number of benzene rings is 2. The summed E-state index contributed by atoms with van der Waals surface area (Å²) in [7, 11) is 1.72. The highest BCUT2D eigenvalue weighted by Crippen LogP contribution is 2.40. The van der Waals surface area contributed by atoms with E-state index in [0.717, 1.165) is 43.7 Å². The van der Waals surface area contributed by atoms with E-state index in [1.165, 1.54) is 16.5 Å². The van der Waals surface area contributed by atoms with Gasteiger partial charge in [-0.15, -0.1) is 0 Å². The summed E-state index contributed by atoms with van der Waals surface area (Å²) in [6.07, 6.45) is 7.35. The van der Waals surface area contributed by atoms with Crippen molar-refractivity contribution < 1.29 is 14.3 Å². The van der Waals surface area contributed by atoms with Crippen LogP contribution in [0.3, 0.4) is 0 Å².